The van der Waals surface area contributed by atoms with Gasteiger partial charge in [-0.25, -0.2) is 0 Å². The van der Waals surface area contributed by atoms with Crippen LogP contribution in [-0.2, 0) is 0 Å². The van der Waals surface area contributed by atoms with Crippen molar-refractivity contribution in [1.82, 2.24) is 5.32 Å². The zero-order valence-electron chi connectivity index (χ0n) is 7.34. The molecule has 1 aliphatic heterocycles. The second-order valence-corrected chi connectivity index (χ2v) is 3.46. The van der Waals surface area contributed by atoms with E-state index in [1.54, 1.807) is 0 Å². The van der Waals surface area contributed by atoms with E-state index in [9.17, 15) is 5.11 Å². The van der Waals surface area contributed by atoms with Crippen molar-refractivity contribution >= 4 is 0 Å². The second kappa shape index (κ2) is 4.73. The Morgan fingerprint density at radius 3 is 3.00 bits per heavy atom. The summed E-state index contributed by atoms with van der Waals surface area (Å²) in [6.07, 6.45) is 4.58. The monoisotopic (exact) mass is 157 g/mol. The second-order valence-electron chi connectivity index (χ2n) is 3.46. The van der Waals surface area contributed by atoms with Crippen molar-refractivity contribution < 1.29 is 5.11 Å². The van der Waals surface area contributed by atoms with E-state index in [1.165, 1.54) is 19.3 Å². The lowest BCUT2D eigenvalue weighted by Crippen LogP contribution is -2.39. The molecule has 0 aromatic heterocycles. The summed E-state index contributed by atoms with van der Waals surface area (Å²) in [6, 6.07) is 0. The first kappa shape index (κ1) is 9.01. The average molecular weight is 157 g/mol. The Bertz CT molecular complexity index is 106. The van der Waals surface area contributed by atoms with Gasteiger partial charge in [-0.15, -0.1) is 0 Å². The number of aliphatic hydroxyl groups is 1. The highest BCUT2D eigenvalue weighted by Gasteiger charge is 2.21. The Morgan fingerprint density at radius 2 is 2.36 bits per heavy atom. The number of hydrogen-bond donors (Lipinski definition) is 2. The Morgan fingerprint density at radius 1 is 1.55 bits per heavy atom. The molecular weight excluding hydrogens is 138 g/mol. The molecule has 1 heterocycles. The predicted octanol–water partition coefficient (Wildman–Crippen LogP) is 1.15. The minimum atomic E-state index is -0.0391. The summed E-state index contributed by atoms with van der Waals surface area (Å²) in [4.78, 5) is 0. The van der Waals surface area contributed by atoms with Gasteiger partial charge in [-0.2, -0.15) is 0 Å². The molecule has 0 unspecified atom stereocenters. The molecule has 2 atom stereocenters. The number of piperidine rings is 1. The van der Waals surface area contributed by atoms with Crippen LogP contribution < -0.4 is 5.32 Å². The van der Waals surface area contributed by atoms with Gasteiger partial charge in [0.05, 0.1) is 6.10 Å². The highest BCUT2D eigenvalue weighted by molar-refractivity contribution is 4.76. The Balaban J connectivity index is 2.18. The topological polar surface area (TPSA) is 32.3 Å². The summed E-state index contributed by atoms with van der Waals surface area (Å²) in [5.41, 5.74) is 0. The van der Waals surface area contributed by atoms with Crippen molar-refractivity contribution in [1.29, 1.82) is 0 Å². The van der Waals surface area contributed by atoms with Crippen molar-refractivity contribution in [2.24, 2.45) is 5.92 Å². The lowest BCUT2D eigenvalue weighted by molar-refractivity contribution is 0.0734. The molecule has 1 fully saturated rings. The van der Waals surface area contributed by atoms with Crippen LogP contribution in [0.3, 0.4) is 0 Å². The van der Waals surface area contributed by atoms with E-state index in [0.717, 1.165) is 19.5 Å². The lowest BCUT2D eigenvalue weighted by atomic mass is 9.91. The number of unbranched alkanes of at least 4 members (excludes halogenated alkanes) is 1. The van der Waals surface area contributed by atoms with Gasteiger partial charge in [0.25, 0.3) is 0 Å². The maximum atomic E-state index is 9.56. The van der Waals surface area contributed by atoms with Gasteiger partial charge < -0.3 is 10.4 Å². The molecule has 0 bridgehead atoms. The Labute approximate surface area is 69.0 Å². The maximum absolute atomic E-state index is 9.56. The summed E-state index contributed by atoms with van der Waals surface area (Å²) in [7, 11) is 0. The van der Waals surface area contributed by atoms with Gasteiger partial charge in [0.2, 0.25) is 0 Å². The van der Waals surface area contributed by atoms with Crippen LogP contribution in [0, 0.1) is 5.92 Å². The third kappa shape index (κ3) is 2.80. The molecule has 2 heteroatoms. The fourth-order valence-electron chi connectivity index (χ4n) is 1.67. The zero-order valence-corrected chi connectivity index (χ0v) is 7.34. The predicted molar refractivity (Wildman–Crippen MR) is 46.5 cm³/mol. The molecule has 0 aromatic carbocycles. The Hall–Kier alpha value is -0.0800. The van der Waals surface area contributed by atoms with Crippen LogP contribution in [0.2, 0.25) is 0 Å². The largest absolute Gasteiger partial charge is 0.393 e. The molecule has 2 N–H and O–H groups in total. The van der Waals surface area contributed by atoms with Gasteiger partial charge >= 0.3 is 0 Å². The number of nitrogens with one attached hydrogen (secondary N) is 1. The molecule has 0 amide bonds. The summed E-state index contributed by atoms with van der Waals surface area (Å²) in [5, 5.41) is 12.9. The molecular formula is C9H19NO. The molecule has 0 aliphatic carbocycles. The highest BCUT2D eigenvalue weighted by atomic mass is 16.3. The highest BCUT2D eigenvalue weighted by Crippen LogP contribution is 2.17. The van der Waals surface area contributed by atoms with Crippen LogP contribution in [0.5, 0.6) is 0 Å². The van der Waals surface area contributed by atoms with Crippen molar-refractivity contribution in [2.45, 2.75) is 38.7 Å². The molecule has 1 saturated heterocycles. The van der Waals surface area contributed by atoms with E-state index in [2.05, 4.69) is 12.2 Å². The van der Waals surface area contributed by atoms with Gasteiger partial charge in [-0.3, -0.25) is 0 Å². The number of rotatable bonds is 3. The first-order valence-corrected chi connectivity index (χ1v) is 4.73. The van der Waals surface area contributed by atoms with Crippen molar-refractivity contribution in [3.63, 3.8) is 0 Å². The standard InChI is InChI=1S/C9H19NO/c1-2-3-4-8-7-10-6-5-9(8)11/h8-11H,2-7H2,1H3/t8-,9-/m1/s1. The molecule has 0 aromatic rings. The van der Waals surface area contributed by atoms with Crippen molar-refractivity contribution in [3.05, 3.63) is 0 Å². The fourth-order valence-corrected chi connectivity index (χ4v) is 1.67. The molecule has 0 saturated carbocycles. The summed E-state index contributed by atoms with van der Waals surface area (Å²) in [6.45, 7) is 4.20. The van der Waals surface area contributed by atoms with E-state index in [0.29, 0.717) is 5.92 Å². The van der Waals surface area contributed by atoms with Crippen LogP contribution in [0.4, 0.5) is 0 Å². The third-order valence-corrected chi connectivity index (χ3v) is 2.50. The minimum absolute atomic E-state index is 0.0391. The summed E-state index contributed by atoms with van der Waals surface area (Å²) >= 11 is 0. The van der Waals surface area contributed by atoms with Crippen LogP contribution in [-0.4, -0.2) is 24.3 Å². The van der Waals surface area contributed by atoms with Gasteiger partial charge in [0, 0.05) is 6.54 Å². The Kier molecular flexibility index (Phi) is 3.87. The zero-order chi connectivity index (χ0) is 8.10. The number of hydrogen-bond acceptors (Lipinski definition) is 2. The SMILES string of the molecule is CCCC[C@@H]1CNCC[C@H]1O. The van der Waals surface area contributed by atoms with Gasteiger partial charge in [-0.05, 0) is 25.3 Å². The van der Waals surface area contributed by atoms with Crippen LogP contribution in [0.1, 0.15) is 32.6 Å². The summed E-state index contributed by atoms with van der Waals surface area (Å²) in [5.74, 6) is 0.517. The van der Waals surface area contributed by atoms with Crippen molar-refractivity contribution in [3.8, 4) is 0 Å². The summed E-state index contributed by atoms with van der Waals surface area (Å²) < 4.78 is 0. The molecule has 11 heavy (non-hydrogen) atoms. The van der Waals surface area contributed by atoms with E-state index in [4.69, 9.17) is 0 Å². The van der Waals surface area contributed by atoms with E-state index in [1.807, 2.05) is 0 Å². The molecule has 66 valence electrons. The van der Waals surface area contributed by atoms with Crippen molar-refractivity contribution in [2.75, 3.05) is 13.1 Å². The molecule has 0 spiro atoms. The van der Waals surface area contributed by atoms with Gasteiger partial charge in [0.15, 0.2) is 0 Å². The van der Waals surface area contributed by atoms with Gasteiger partial charge in [0.1, 0.15) is 0 Å². The molecule has 1 rings (SSSR count). The van der Waals surface area contributed by atoms with Crippen LogP contribution in [0.15, 0.2) is 0 Å². The van der Waals surface area contributed by atoms with E-state index in [-0.39, 0.29) is 6.10 Å². The van der Waals surface area contributed by atoms with E-state index >= 15 is 0 Å². The molecule has 0 radical (unpaired) electrons. The smallest absolute Gasteiger partial charge is 0.0592 e. The first-order chi connectivity index (χ1) is 5.34. The lowest BCUT2D eigenvalue weighted by Gasteiger charge is -2.28. The van der Waals surface area contributed by atoms with Gasteiger partial charge in [-0.1, -0.05) is 19.8 Å². The average Bonchev–Trinajstić information content (AvgIpc) is 2.03. The minimum Gasteiger partial charge on any atom is -0.393 e. The van der Waals surface area contributed by atoms with Crippen LogP contribution in [0.25, 0.3) is 0 Å². The molecule has 1 aliphatic rings. The normalized spacial score (nSPS) is 32.2. The maximum Gasteiger partial charge on any atom is 0.0592 e. The molecule has 2 nitrogen and oxygen atoms in total. The van der Waals surface area contributed by atoms with Crippen LogP contribution >= 0.6 is 0 Å². The third-order valence-electron chi connectivity index (χ3n) is 2.50. The first-order valence-electron chi connectivity index (χ1n) is 4.73. The quantitative estimate of drug-likeness (QED) is 0.644. The fraction of sp³-hybridized carbons (Fsp3) is 1.00. The van der Waals surface area contributed by atoms with E-state index < -0.39 is 0 Å². The number of aliphatic hydroxyl groups excluding tert-OH is 1.